The van der Waals surface area contributed by atoms with Gasteiger partial charge >= 0.3 is 0 Å². The van der Waals surface area contributed by atoms with Gasteiger partial charge < -0.3 is 16.8 Å². The van der Waals surface area contributed by atoms with Crippen molar-refractivity contribution in [1.82, 2.24) is 10.3 Å². The number of nitrogens with two attached hydrogens (primary N) is 2. The van der Waals surface area contributed by atoms with Crippen molar-refractivity contribution >= 4 is 29.1 Å². The quantitative estimate of drug-likeness (QED) is 0.582. The number of nitrogens with one attached hydrogen (secondary N) is 1. The molecule has 0 aliphatic rings. The summed E-state index contributed by atoms with van der Waals surface area (Å²) in [4.78, 5) is 28.0. The van der Waals surface area contributed by atoms with Crippen LogP contribution in [0.1, 0.15) is 61.1 Å². The van der Waals surface area contributed by atoms with Gasteiger partial charge in [0.2, 0.25) is 5.91 Å². The number of carbonyl (C=O) groups is 2. The van der Waals surface area contributed by atoms with Gasteiger partial charge in [0.05, 0.1) is 10.6 Å². The van der Waals surface area contributed by atoms with Crippen molar-refractivity contribution in [3.63, 3.8) is 0 Å². The monoisotopic (exact) mass is 406 g/mol. The van der Waals surface area contributed by atoms with Gasteiger partial charge in [-0.25, -0.2) is 9.37 Å². The van der Waals surface area contributed by atoms with E-state index in [1.807, 2.05) is 6.92 Å². The predicted molar refractivity (Wildman–Crippen MR) is 108 cm³/mol. The molecule has 5 N–H and O–H groups in total. The minimum absolute atomic E-state index is 0.00863. The molecule has 1 heterocycles. The SMILES string of the molecule is CC[C@H](NC(C)(C)CC(N)=O)c1ccc(Cl)c(C(=O)c2ccc(N)nc2)c1F. The van der Waals surface area contributed by atoms with Crippen LogP contribution in [-0.2, 0) is 4.79 Å². The first-order valence-electron chi connectivity index (χ1n) is 8.86. The molecule has 0 aliphatic heterocycles. The first-order chi connectivity index (χ1) is 13.1. The average molecular weight is 407 g/mol. The van der Waals surface area contributed by atoms with Crippen LogP contribution in [0.15, 0.2) is 30.5 Å². The Labute approximate surface area is 168 Å². The Morgan fingerprint density at radius 2 is 1.96 bits per heavy atom. The van der Waals surface area contributed by atoms with Crippen molar-refractivity contribution in [3.05, 3.63) is 58.0 Å². The number of hydrogen-bond donors (Lipinski definition) is 3. The Hall–Kier alpha value is -2.51. The zero-order valence-corrected chi connectivity index (χ0v) is 16.8. The van der Waals surface area contributed by atoms with E-state index in [2.05, 4.69) is 10.3 Å². The van der Waals surface area contributed by atoms with Crippen LogP contribution in [0.3, 0.4) is 0 Å². The van der Waals surface area contributed by atoms with E-state index in [9.17, 15) is 9.59 Å². The molecule has 28 heavy (non-hydrogen) atoms. The van der Waals surface area contributed by atoms with Gasteiger partial charge in [-0.15, -0.1) is 0 Å². The molecule has 1 aromatic carbocycles. The number of halogens is 2. The van der Waals surface area contributed by atoms with Crippen molar-refractivity contribution in [2.45, 2.75) is 45.2 Å². The maximum atomic E-state index is 15.3. The van der Waals surface area contributed by atoms with Crippen LogP contribution in [0.4, 0.5) is 10.2 Å². The van der Waals surface area contributed by atoms with E-state index < -0.39 is 29.1 Å². The Kier molecular flexibility index (Phi) is 6.74. The molecule has 2 aromatic rings. The summed E-state index contributed by atoms with van der Waals surface area (Å²) < 4.78 is 15.3. The number of anilines is 1. The summed E-state index contributed by atoms with van der Waals surface area (Å²) in [7, 11) is 0. The molecule has 1 aromatic heterocycles. The van der Waals surface area contributed by atoms with Crippen LogP contribution < -0.4 is 16.8 Å². The Bertz CT molecular complexity index is 885. The molecular formula is C20H24ClFN4O2. The van der Waals surface area contributed by atoms with Crippen molar-refractivity contribution in [1.29, 1.82) is 0 Å². The lowest BCUT2D eigenvalue weighted by Crippen LogP contribution is -2.44. The van der Waals surface area contributed by atoms with E-state index in [-0.39, 0.29) is 34.0 Å². The lowest BCUT2D eigenvalue weighted by Gasteiger charge is -2.31. The molecule has 0 saturated heterocycles. The summed E-state index contributed by atoms with van der Waals surface area (Å²) in [6.07, 6.45) is 1.89. The van der Waals surface area contributed by atoms with Crippen LogP contribution in [-0.4, -0.2) is 22.2 Å². The molecule has 2 rings (SSSR count). The second kappa shape index (κ2) is 8.67. The molecule has 0 aliphatic carbocycles. The highest BCUT2D eigenvalue weighted by molar-refractivity contribution is 6.35. The van der Waals surface area contributed by atoms with Crippen LogP contribution in [0.2, 0.25) is 5.02 Å². The Balaban J connectivity index is 2.43. The standard InChI is InChI=1S/C20H24ClFN4O2/c1-4-14(26-20(2,3)9-16(24)27)12-6-7-13(21)17(18(12)22)19(28)11-5-8-15(23)25-10-11/h5-8,10,14,26H,4,9H2,1-3H3,(H2,23,25)(H2,24,27)/t14-/m0/s1. The molecule has 0 spiro atoms. The third kappa shape index (κ3) is 5.05. The Morgan fingerprint density at radius 3 is 2.50 bits per heavy atom. The van der Waals surface area contributed by atoms with E-state index in [0.29, 0.717) is 6.42 Å². The first kappa shape index (κ1) is 21.8. The van der Waals surface area contributed by atoms with Gasteiger partial charge in [0.15, 0.2) is 5.78 Å². The second-order valence-corrected chi connectivity index (χ2v) is 7.67. The van der Waals surface area contributed by atoms with Crippen LogP contribution in [0, 0.1) is 5.82 Å². The van der Waals surface area contributed by atoms with Gasteiger partial charge in [-0.05, 0) is 38.5 Å². The molecule has 0 saturated carbocycles. The largest absolute Gasteiger partial charge is 0.384 e. The second-order valence-electron chi connectivity index (χ2n) is 7.26. The van der Waals surface area contributed by atoms with E-state index in [0.717, 1.165) is 0 Å². The minimum Gasteiger partial charge on any atom is -0.384 e. The maximum absolute atomic E-state index is 15.3. The number of nitrogen functional groups attached to an aromatic ring is 1. The zero-order chi connectivity index (χ0) is 21.1. The number of hydrogen-bond acceptors (Lipinski definition) is 5. The van der Waals surface area contributed by atoms with Gasteiger partial charge in [0, 0.05) is 35.3 Å². The van der Waals surface area contributed by atoms with Crippen LogP contribution in [0.25, 0.3) is 0 Å². The van der Waals surface area contributed by atoms with Gasteiger partial charge in [-0.3, -0.25) is 9.59 Å². The van der Waals surface area contributed by atoms with Crippen molar-refractivity contribution < 1.29 is 14.0 Å². The third-order valence-electron chi connectivity index (χ3n) is 4.36. The molecule has 150 valence electrons. The maximum Gasteiger partial charge on any atom is 0.219 e. The lowest BCUT2D eigenvalue weighted by molar-refractivity contribution is -0.119. The smallest absolute Gasteiger partial charge is 0.219 e. The number of amides is 1. The molecule has 1 amide bonds. The number of rotatable bonds is 8. The topological polar surface area (TPSA) is 111 Å². The molecule has 0 bridgehead atoms. The molecule has 1 atom stereocenters. The van der Waals surface area contributed by atoms with E-state index >= 15 is 4.39 Å². The summed E-state index contributed by atoms with van der Waals surface area (Å²) in [5.41, 5.74) is 10.4. The Morgan fingerprint density at radius 1 is 1.29 bits per heavy atom. The minimum atomic E-state index is -0.705. The van der Waals surface area contributed by atoms with E-state index in [4.69, 9.17) is 23.1 Å². The van der Waals surface area contributed by atoms with Crippen LogP contribution in [0.5, 0.6) is 0 Å². The molecule has 0 radical (unpaired) electrons. The summed E-state index contributed by atoms with van der Waals surface area (Å²) in [6, 6.07) is 5.52. The number of pyridine rings is 1. The summed E-state index contributed by atoms with van der Waals surface area (Å²) in [5, 5.41) is 3.25. The van der Waals surface area contributed by atoms with Gasteiger partial charge in [0.25, 0.3) is 0 Å². The lowest BCUT2D eigenvalue weighted by atomic mass is 9.93. The summed E-state index contributed by atoms with van der Waals surface area (Å²) in [5.74, 6) is -1.49. The average Bonchev–Trinajstić information content (AvgIpc) is 2.59. The number of ketones is 1. The summed E-state index contributed by atoms with van der Waals surface area (Å²) in [6.45, 7) is 5.48. The van der Waals surface area contributed by atoms with Gasteiger partial charge in [-0.2, -0.15) is 0 Å². The zero-order valence-electron chi connectivity index (χ0n) is 16.1. The number of nitrogens with zero attached hydrogens (tertiary/aromatic N) is 1. The fourth-order valence-electron chi connectivity index (χ4n) is 3.09. The highest BCUT2D eigenvalue weighted by atomic mass is 35.5. The number of primary amides is 1. The highest BCUT2D eigenvalue weighted by Gasteiger charge is 2.28. The normalized spacial score (nSPS) is 12.6. The first-order valence-corrected chi connectivity index (χ1v) is 9.23. The summed E-state index contributed by atoms with van der Waals surface area (Å²) >= 11 is 6.14. The van der Waals surface area contributed by atoms with Crippen molar-refractivity contribution in [2.75, 3.05) is 5.73 Å². The van der Waals surface area contributed by atoms with Gasteiger partial charge in [-0.1, -0.05) is 24.6 Å². The van der Waals surface area contributed by atoms with E-state index in [1.165, 1.54) is 30.5 Å². The number of benzene rings is 1. The van der Waals surface area contributed by atoms with Crippen LogP contribution >= 0.6 is 11.6 Å². The van der Waals surface area contributed by atoms with Crippen molar-refractivity contribution in [2.24, 2.45) is 5.73 Å². The fraction of sp³-hybridized carbons (Fsp3) is 0.350. The highest BCUT2D eigenvalue weighted by Crippen LogP contribution is 2.31. The predicted octanol–water partition coefficient (Wildman–Crippen LogP) is 3.38. The third-order valence-corrected chi connectivity index (χ3v) is 4.68. The number of carbonyl (C=O) groups excluding carboxylic acids is 2. The van der Waals surface area contributed by atoms with Crippen molar-refractivity contribution in [3.8, 4) is 0 Å². The molecular weight excluding hydrogens is 383 g/mol. The molecule has 0 fully saturated rings. The van der Waals surface area contributed by atoms with E-state index in [1.54, 1.807) is 13.8 Å². The van der Waals surface area contributed by atoms with Gasteiger partial charge in [0.1, 0.15) is 11.6 Å². The number of aromatic nitrogens is 1. The molecule has 8 heteroatoms. The molecule has 0 unspecified atom stereocenters. The fourth-order valence-corrected chi connectivity index (χ4v) is 3.32. The molecule has 6 nitrogen and oxygen atoms in total.